The number of ether oxygens (including phenoxy) is 2. The van der Waals surface area contributed by atoms with Crippen molar-refractivity contribution in [3.8, 4) is 10.9 Å². The molecule has 0 amide bonds. The normalized spacial score (nSPS) is 10.6. The lowest BCUT2D eigenvalue weighted by atomic mass is 10.5. The molecule has 102 valence electrons. The van der Waals surface area contributed by atoms with Crippen molar-refractivity contribution in [3.05, 3.63) is 28.5 Å². The molecule has 0 aliphatic rings. The van der Waals surface area contributed by atoms with Gasteiger partial charge in [-0.25, -0.2) is 0 Å². The van der Waals surface area contributed by atoms with Gasteiger partial charge >= 0.3 is 0 Å². The zero-order chi connectivity index (χ0) is 13.5. The SMILES string of the molecule is COCCNCc1nnc(Oc2cncc(Cl)c2)s1. The van der Waals surface area contributed by atoms with E-state index in [1.165, 1.54) is 11.3 Å². The van der Waals surface area contributed by atoms with Crippen LogP contribution in [0.15, 0.2) is 18.5 Å². The van der Waals surface area contributed by atoms with Gasteiger partial charge in [0.2, 0.25) is 0 Å². The molecule has 1 N–H and O–H groups in total. The summed E-state index contributed by atoms with van der Waals surface area (Å²) in [6, 6.07) is 1.67. The van der Waals surface area contributed by atoms with Crippen molar-refractivity contribution in [2.45, 2.75) is 6.54 Å². The van der Waals surface area contributed by atoms with E-state index in [9.17, 15) is 0 Å². The Kier molecular flexibility index (Phi) is 5.46. The van der Waals surface area contributed by atoms with E-state index >= 15 is 0 Å². The van der Waals surface area contributed by atoms with Gasteiger partial charge in [0.05, 0.1) is 17.8 Å². The molecule has 0 aromatic carbocycles. The summed E-state index contributed by atoms with van der Waals surface area (Å²) in [5, 5.41) is 13.0. The third kappa shape index (κ3) is 4.71. The van der Waals surface area contributed by atoms with Crippen molar-refractivity contribution in [3.63, 3.8) is 0 Å². The van der Waals surface area contributed by atoms with E-state index in [2.05, 4.69) is 20.5 Å². The standard InChI is InChI=1S/C11H13ClN4O2S/c1-17-3-2-13-7-10-15-16-11(19-10)18-9-4-8(12)5-14-6-9/h4-6,13H,2-3,7H2,1H3. The molecule has 2 heterocycles. The van der Waals surface area contributed by atoms with Crippen LogP contribution in [0.25, 0.3) is 0 Å². The minimum absolute atomic E-state index is 0.465. The van der Waals surface area contributed by atoms with Crippen molar-refractivity contribution >= 4 is 22.9 Å². The second kappa shape index (κ2) is 7.34. The van der Waals surface area contributed by atoms with Crippen LogP contribution in [0.5, 0.6) is 10.9 Å². The summed E-state index contributed by atoms with van der Waals surface area (Å²) in [6.07, 6.45) is 3.11. The quantitative estimate of drug-likeness (QED) is 0.790. The minimum atomic E-state index is 0.465. The lowest BCUT2D eigenvalue weighted by Crippen LogP contribution is -2.18. The smallest absolute Gasteiger partial charge is 0.299 e. The first kappa shape index (κ1) is 14.1. The highest BCUT2D eigenvalue weighted by atomic mass is 35.5. The number of hydrogen-bond donors (Lipinski definition) is 1. The second-order valence-electron chi connectivity index (χ2n) is 3.57. The first-order chi connectivity index (χ1) is 9.28. The Hall–Kier alpha value is -1.28. The van der Waals surface area contributed by atoms with E-state index < -0.39 is 0 Å². The Labute approximate surface area is 119 Å². The molecule has 0 atom stereocenters. The van der Waals surface area contributed by atoms with Gasteiger partial charge in [0.15, 0.2) is 0 Å². The molecule has 0 bridgehead atoms. The summed E-state index contributed by atoms with van der Waals surface area (Å²) in [5.41, 5.74) is 0. The fourth-order valence-electron chi connectivity index (χ4n) is 1.27. The summed E-state index contributed by atoms with van der Waals surface area (Å²) in [7, 11) is 1.66. The third-order valence-electron chi connectivity index (χ3n) is 2.09. The molecular weight excluding hydrogens is 288 g/mol. The zero-order valence-corrected chi connectivity index (χ0v) is 11.9. The summed E-state index contributed by atoms with van der Waals surface area (Å²) in [5.74, 6) is 0.544. The van der Waals surface area contributed by atoms with E-state index in [-0.39, 0.29) is 0 Å². The molecule has 19 heavy (non-hydrogen) atoms. The van der Waals surface area contributed by atoms with Gasteiger partial charge in [0.1, 0.15) is 10.8 Å². The van der Waals surface area contributed by atoms with Gasteiger partial charge in [0, 0.05) is 32.5 Å². The van der Waals surface area contributed by atoms with Crippen molar-refractivity contribution in [1.29, 1.82) is 0 Å². The van der Waals surface area contributed by atoms with Gasteiger partial charge in [0.25, 0.3) is 5.19 Å². The maximum Gasteiger partial charge on any atom is 0.299 e. The number of nitrogens with one attached hydrogen (secondary N) is 1. The largest absolute Gasteiger partial charge is 0.428 e. The molecule has 2 aromatic heterocycles. The number of nitrogens with zero attached hydrogens (tertiary/aromatic N) is 3. The Morgan fingerprint density at radius 1 is 1.37 bits per heavy atom. The number of rotatable bonds is 7. The Bertz CT molecular complexity index is 523. The molecule has 0 aliphatic carbocycles. The molecule has 0 spiro atoms. The van der Waals surface area contributed by atoms with E-state index in [0.717, 1.165) is 11.6 Å². The monoisotopic (exact) mass is 300 g/mol. The average Bonchev–Trinajstić information content (AvgIpc) is 2.82. The molecular formula is C11H13ClN4O2S. The summed E-state index contributed by atoms with van der Waals surface area (Å²) in [6.45, 7) is 2.07. The van der Waals surface area contributed by atoms with Crippen LogP contribution in [0.1, 0.15) is 5.01 Å². The Morgan fingerprint density at radius 3 is 3.05 bits per heavy atom. The second-order valence-corrected chi connectivity index (χ2v) is 5.03. The number of aromatic nitrogens is 3. The van der Waals surface area contributed by atoms with Crippen LogP contribution in [0.4, 0.5) is 0 Å². The summed E-state index contributed by atoms with van der Waals surface area (Å²) in [4.78, 5) is 3.93. The predicted octanol–water partition coefficient (Wildman–Crippen LogP) is 2.11. The molecule has 8 heteroatoms. The molecule has 0 saturated heterocycles. The molecule has 2 aromatic rings. The molecule has 0 radical (unpaired) electrons. The maximum absolute atomic E-state index is 5.82. The lowest BCUT2D eigenvalue weighted by molar-refractivity contribution is 0.199. The fraction of sp³-hybridized carbons (Fsp3) is 0.364. The highest BCUT2D eigenvalue weighted by molar-refractivity contribution is 7.13. The predicted molar refractivity (Wildman–Crippen MR) is 72.8 cm³/mol. The minimum Gasteiger partial charge on any atom is -0.428 e. The van der Waals surface area contributed by atoms with Crippen LogP contribution in [-0.2, 0) is 11.3 Å². The van der Waals surface area contributed by atoms with Crippen LogP contribution >= 0.6 is 22.9 Å². The maximum atomic E-state index is 5.82. The van der Waals surface area contributed by atoms with E-state index in [0.29, 0.717) is 29.1 Å². The number of hydrogen-bond acceptors (Lipinski definition) is 7. The fourth-order valence-corrected chi connectivity index (χ4v) is 2.11. The third-order valence-corrected chi connectivity index (χ3v) is 3.10. The van der Waals surface area contributed by atoms with Crippen molar-refractivity contribution in [2.24, 2.45) is 0 Å². The summed E-state index contributed by atoms with van der Waals surface area (Å²) >= 11 is 7.19. The first-order valence-corrected chi connectivity index (χ1v) is 6.78. The van der Waals surface area contributed by atoms with Gasteiger partial charge in [-0.2, -0.15) is 0 Å². The Balaban J connectivity index is 1.87. The molecule has 0 aliphatic heterocycles. The highest BCUT2D eigenvalue weighted by Crippen LogP contribution is 2.25. The topological polar surface area (TPSA) is 69.2 Å². The van der Waals surface area contributed by atoms with Gasteiger partial charge in [-0.05, 0) is 0 Å². The van der Waals surface area contributed by atoms with Crippen molar-refractivity contribution in [2.75, 3.05) is 20.3 Å². The lowest BCUT2D eigenvalue weighted by Gasteiger charge is -2.00. The first-order valence-electron chi connectivity index (χ1n) is 5.58. The average molecular weight is 301 g/mol. The van der Waals surface area contributed by atoms with Crippen molar-refractivity contribution < 1.29 is 9.47 Å². The zero-order valence-electron chi connectivity index (χ0n) is 10.3. The van der Waals surface area contributed by atoms with E-state index in [4.69, 9.17) is 21.1 Å². The number of halogens is 1. The van der Waals surface area contributed by atoms with Crippen LogP contribution in [0, 0.1) is 0 Å². The van der Waals surface area contributed by atoms with E-state index in [1.54, 1.807) is 25.6 Å². The van der Waals surface area contributed by atoms with Gasteiger partial charge in [-0.15, -0.1) is 5.10 Å². The van der Waals surface area contributed by atoms with Crippen LogP contribution < -0.4 is 10.1 Å². The van der Waals surface area contributed by atoms with E-state index in [1.807, 2.05) is 0 Å². The molecule has 0 fully saturated rings. The van der Waals surface area contributed by atoms with Gasteiger partial charge in [-0.3, -0.25) is 4.98 Å². The molecule has 2 rings (SSSR count). The molecule has 6 nitrogen and oxygen atoms in total. The molecule has 0 unspecified atom stereocenters. The van der Waals surface area contributed by atoms with Crippen LogP contribution in [0.2, 0.25) is 5.02 Å². The van der Waals surface area contributed by atoms with Crippen molar-refractivity contribution in [1.82, 2.24) is 20.5 Å². The van der Waals surface area contributed by atoms with Crippen LogP contribution in [-0.4, -0.2) is 35.4 Å². The van der Waals surface area contributed by atoms with Crippen LogP contribution in [0.3, 0.4) is 0 Å². The summed E-state index contributed by atoms with van der Waals surface area (Å²) < 4.78 is 10.4. The number of pyridine rings is 1. The number of methoxy groups -OCH3 is 1. The van der Waals surface area contributed by atoms with Gasteiger partial charge < -0.3 is 14.8 Å². The van der Waals surface area contributed by atoms with Gasteiger partial charge in [-0.1, -0.05) is 28.0 Å². The Morgan fingerprint density at radius 2 is 2.26 bits per heavy atom. The highest BCUT2D eigenvalue weighted by Gasteiger charge is 2.06. The molecule has 0 saturated carbocycles.